The lowest BCUT2D eigenvalue weighted by atomic mass is 10.2. The Morgan fingerprint density at radius 2 is 1.54 bits per heavy atom. The first-order chi connectivity index (χ1) is 11.7. The zero-order valence-corrected chi connectivity index (χ0v) is 14.0. The maximum absolute atomic E-state index is 12.1. The summed E-state index contributed by atoms with van der Waals surface area (Å²) in [6.45, 7) is 2.06. The normalized spacial score (nSPS) is 10.2. The Morgan fingerprint density at radius 3 is 2.29 bits per heavy atom. The number of para-hydroxylation sites is 2. The first kappa shape index (κ1) is 16.1. The fourth-order valence-corrected chi connectivity index (χ4v) is 3.02. The van der Waals surface area contributed by atoms with Gasteiger partial charge < -0.3 is 4.74 Å². The average Bonchev–Trinajstić information content (AvgIpc) is 2.59. The summed E-state index contributed by atoms with van der Waals surface area (Å²) >= 11 is 1.60. The van der Waals surface area contributed by atoms with Crippen LogP contribution in [-0.4, -0.2) is 6.09 Å². The summed E-state index contributed by atoms with van der Waals surface area (Å²) in [6.07, 6.45) is -0.502. The van der Waals surface area contributed by atoms with Crippen LogP contribution < -0.4 is 10.1 Å². The maximum atomic E-state index is 12.1. The number of ether oxygens (including phenoxy) is 1. The maximum Gasteiger partial charge on any atom is 0.417 e. The standard InChI is InChI=1S/C20H17NO2S/c1-15-11-13-17(14-12-15)24-19-10-6-5-9-18(19)21-20(22)23-16-7-3-2-4-8-16/h2-14H,1H3,(H,21,22). The van der Waals surface area contributed by atoms with Crippen LogP contribution in [0.2, 0.25) is 0 Å². The molecule has 0 unspecified atom stereocenters. The van der Waals surface area contributed by atoms with Gasteiger partial charge in [-0.1, -0.05) is 59.8 Å². The van der Waals surface area contributed by atoms with Crippen LogP contribution in [0.25, 0.3) is 0 Å². The van der Waals surface area contributed by atoms with Crippen molar-refractivity contribution >= 4 is 23.5 Å². The number of aryl methyl sites for hydroxylation is 1. The molecule has 120 valence electrons. The number of carbonyl (C=O) groups is 1. The van der Waals surface area contributed by atoms with E-state index in [2.05, 4.69) is 36.5 Å². The van der Waals surface area contributed by atoms with Crippen LogP contribution in [0, 0.1) is 6.92 Å². The van der Waals surface area contributed by atoms with Crippen molar-refractivity contribution in [2.75, 3.05) is 5.32 Å². The van der Waals surface area contributed by atoms with Gasteiger partial charge in [-0.05, 0) is 43.3 Å². The lowest BCUT2D eigenvalue weighted by Crippen LogP contribution is -2.17. The van der Waals surface area contributed by atoms with E-state index >= 15 is 0 Å². The molecule has 0 atom stereocenters. The Labute approximate surface area is 145 Å². The molecular formula is C20H17NO2S. The van der Waals surface area contributed by atoms with Gasteiger partial charge in [-0.3, -0.25) is 5.32 Å². The van der Waals surface area contributed by atoms with Gasteiger partial charge in [-0.2, -0.15) is 0 Å². The van der Waals surface area contributed by atoms with Crippen molar-refractivity contribution in [3.05, 3.63) is 84.4 Å². The highest BCUT2D eigenvalue weighted by molar-refractivity contribution is 7.99. The van der Waals surface area contributed by atoms with Gasteiger partial charge in [0.15, 0.2) is 0 Å². The third-order valence-electron chi connectivity index (χ3n) is 3.33. The number of rotatable bonds is 4. The molecule has 1 N–H and O–H groups in total. The summed E-state index contributed by atoms with van der Waals surface area (Å²) in [4.78, 5) is 14.2. The molecule has 0 bridgehead atoms. The Morgan fingerprint density at radius 1 is 0.875 bits per heavy atom. The molecule has 0 aliphatic carbocycles. The number of hydrogen-bond donors (Lipinski definition) is 1. The first-order valence-electron chi connectivity index (χ1n) is 7.58. The Kier molecular flexibility index (Phi) is 5.18. The second-order valence-corrected chi connectivity index (χ2v) is 6.35. The lowest BCUT2D eigenvalue weighted by molar-refractivity contribution is 0.215. The number of carbonyl (C=O) groups excluding carboxylic acids is 1. The zero-order valence-electron chi connectivity index (χ0n) is 13.2. The summed E-state index contributed by atoms with van der Waals surface area (Å²) in [5.74, 6) is 0.513. The smallest absolute Gasteiger partial charge is 0.410 e. The summed E-state index contributed by atoms with van der Waals surface area (Å²) in [5.41, 5.74) is 1.95. The van der Waals surface area contributed by atoms with Crippen molar-refractivity contribution < 1.29 is 9.53 Å². The van der Waals surface area contributed by atoms with Gasteiger partial charge in [0.05, 0.1) is 5.69 Å². The highest BCUT2D eigenvalue weighted by Crippen LogP contribution is 2.33. The van der Waals surface area contributed by atoms with Crippen LogP contribution in [0.5, 0.6) is 5.75 Å². The van der Waals surface area contributed by atoms with Crippen LogP contribution in [0.4, 0.5) is 10.5 Å². The molecule has 3 nitrogen and oxygen atoms in total. The van der Waals surface area contributed by atoms with Crippen LogP contribution >= 0.6 is 11.8 Å². The van der Waals surface area contributed by atoms with E-state index in [9.17, 15) is 4.79 Å². The fraction of sp³-hybridized carbons (Fsp3) is 0.0500. The van der Waals surface area contributed by atoms with E-state index in [1.165, 1.54) is 5.56 Å². The van der Waals surface area contributed by atoms with Gasteiger partial charge in [0, 0.05) is 9.79 Å². The van der Waals surface area contributed by atoms with E-state index < -0.39 is 6.09 Å². The van der Waals surface area contributed by atoms with Gasteiger partial charge in [0.2, 0.25) is 0 Å². The van der Waals surface area contributed by atoms with Crippen molar-refractivity contribution in [3.63, 3.8) is 0 Å². The van der Waals surface area contributed by atoms with Gasteiger partial charge in [-0.25, -0.2) is 4.79 Å². The van der Waals surface area contributed by atoms with Crippen molar-refractivity contribution in [3.8, 4) is 5.75 Å². The molecule has 0 aliphatic rings. The number of hydrogen-bond acceptors (Lipinski definition) is 3. The molecule has 3 aromatic carbocycles. The van der Waals surface area contributed by atoms with E-state index in [4.69, 9.17) is 4.74 Å². The number of amides is 1. The van der Waals surface area contributed by atoms with Crippen molar-refractivity contribution in [1.29, 1.82) is 0 Å². The van der Waals surface area contributed by atoms with Crippen LogP contribution in [-0.2, 0) is 0 Å². The molecule has 0 radical (unpaired) electrons. The molecule has 0 saturated carbocycles. The highest BCUT2D eigenvalue weighted by Gasteiger charge is 2.09. The number of benzene rings is 3. The molecule has 1 amide bonds. The zero-order chi connectivity index (χ0) is 16.8. The molecular weight excluding hydrogens is 318 g/mol. The second kappa shape index (κ2) is 7.70. The van der Waals surface area contributed by atoms with Crippen LogP contribution in [0.1, 0.15) is 5.56 Å². The minimum absolute atomic E-state index is 0.502. The van der Waals surface area contributed by atoms with Crippen molar-refractivity contribution in [2.45, 2.75) is 16.7 Å². The van der Waals surface area contributed by atoms with Crippen molar-refractivity contribution in [1.82, 2.24) is 0 Å². The molecule has 3 aromatic rings. The van der Waals surface area contributed by atoms with E-state index in [-0.39, 0.29) is 0 Å². The monoisotopic (exact) mass is 335 g/mol. The average molecular weight is 335 g/mol. The Bertz CT molecular complexity index is 817. The quantitative estimate of drug-likeness (QED) is 0.659. The summed E-state index contributed by atoms with van der Waals surface area (Å²) < 4.78 is 5.28. The molecule has 24 heavy (non-hydrogen) atoms. The first-order valence-corrected chi connectivity index (χ1v) is 8.40. The SMILES string of the molecule is Cc1ccc(Sc2ccccc2NC(=O)Oc2ccccc2)cc1. The largest absolute Gasteiger partial charge is 0.417 e. The predicted octanol–water partition coefficient (Wildman–Crippen LogP) is 5.76. The van der Waals surface area contributed by atoms with Gasteiger partial charge in [-0.15, -0.1) is 0 Å². The van der Waals surface area contributed by atoms with Crippen LogP contribution in [0.15, 0.2) is 88.7 Å². The fourth-order valence-electron chi connectivity index (χ4n) is 2.12. The number of anilines is 1. The summed E-state index contributed by atoms with van der Waals surface area (Å²) in [6, 6.07) is 25.0. The molecule has 3 rings (SSSR count). The van der Waals surface area contributed by atoms with Gasteiger partial charge >= 0.3 is 6.09 Å². The lowest BCUT2D eigenvalue weighted by Gasteiger charge is -2.11. The molecule has 0 spiro atoms. The number of nitrogens with one attached hydrogen (secondary N) is 1. The second-order valence-electron chi connectivity index (χ2n) is 5.24. The molecule has 0 aromatic heterocycles. The summed E-state index contributed by atoms with van der Waals surface area (Å²) in [7, 11) is 0. The molecule has 4 heteroatoms. The van der Waals surface area contributed by atoms with E-state index in [0.717, 1.165) is 15.5 Å². The summed E-state index contributed by atoms with van der Waals surface area (Å²) in [5, 5.41) is 2.81. The Hall–Kier alpha value is -2.72. The van der Waals surface area contributed by atoms with Crippen LogP contribution in [0.3, 0.4) is 0 Å². The Balaban J connectivity index is 1.71. The predicted molar refractivity (Wildman–Crippen MR) is 97.8 cm³/mol. The van der Waals surface area contributed by atoms with Gasteiger partial charge in [0.1, 0.15) is 5.75 Å². The van der Waals surface area contributed by atoms with Crippen molar-refractivity contribution in [2.24, 2.45) is 0 Å². The molecule has 0 saturated heterocycles. The molecule has 0 aliphatic heterocycles. The van der Waals surface area contributed by atoms with Gasteiger partial charge in [0.25, 0.3) is 0 Å². The van der Waals surface area contributed by atoms with E-state index in [1.807, 2.05) is 42.5 Å². The molecule has 0 fully saturated rings. The minimum atomic E-state index is -0.502. The third kappa shape index (κ3) is 4.40. The van der Waals surface area contributed by atoms with E-state index in [0.29, 0.717) is 5.75 Å². The highest BCUT2D eigenvalue weighted by atomic mass is 32.2. The van der Waals surface area contributed by atoms with E-state index in [1.54, 1.807) is 23.9 Å². The molecule has 0 heterocycles. The third-order valence-corrected chi connectivity index (χ3v) is 4.41. The minimum Gasteiger partial charge on any atom is -0.410 e. The topological polar surface area (TPSA) is 38.3 Å².